The van der Waals surface area contributed by atoms with Gasteiger partial charge in [-0.25, -0.2) is 0 Å². The molecule has 0 saturated carbocycles. The maximum atomic E-state index is 5.93. The lowest BCUT2D eigenvalue weighted by molar-refractivity contribution is -0.0206. The predicted octanol–water partition coefficient (Wildman–Crippen LogP) is 1.61. The molecule has 0 aromatic carbocycles. The fourth-order valence-corrected chi connectivity index (χ4v) is 2.06. The normalized spacial score (nSPS) is 29.4. The highest BCUT2D eigenvalue weighted by atomic mass is 16.5. The summed E-state index contributed by atoms with van der Waals surface area (Å²) < 4.78 is 5.73. The third-order valence-corrected chi connectivity index (χ3v) is 2.97. The van der Waals surface area contributed by atoms with Gasteiger partial charge in [0.25, 0.3) is 0 Å². The summed E-state index contributed by atoms with van der Waals surface area (Å²) in [6.07, 6.45) is 2.25. The smallest absolute Gasteiger partial charge is 0.0600 e. The molecule has 0 amide bonds. The lowest BCUT2D eigenvalue weighted by Crippen LogP contribution is -2.47. The van der Waals surface area contributed by atoms with Crippen molar-refractivity contribution in [1.82, 2.24) is 4.90 Å². The van der Waals surface area contributed by atoms with Crippen LogP contribution in [0.3, 0.4) is 0 Å². The van der Waals surface area contributed by atoms with Crippen molar-refractivity contribution in [1.29, 1.82) is 0 Å². The molecule has 0 radical (unpaired) electrons. The second-order valence-electron chi connectivity index (χ2n) is 5.63. The minimum absolute atomic E-state index is 0.0184. The minimum Gasteiger partial charge on any atom is -0.375 e. The van der Waals surface area contributed by atoms with Crippen LogP contribution in [0.2, 0.25) is 0 Å². The molecular weight excluding hydrogens is 188 g/mol. The lowest BCUT2D eigenvalue weighted by Gasteiger charge is -2.36. The molecule has 2 N–H and O–H groups in total. The van der Waals surface area contributed by atoms with Crippen LogP contribution in [0.4, 0.5) is 0 Å². The topological polar surface area (TPSA) is 38.5 Å². The van der Waals surface area contributed by atoms with Gasteiger partial charge in [0.05, 0.1) is 12.2 Å². The number of nitrogens with zero attached hydrogens (tertiary/aromatic N) is 1. The zero-order valence-electron chi connectivity index (χ0n) is 10.6. The average Bonchev–Trinajstić information content (AvgIpc) is 2.07. The number of rotatable bonds is 3. The van der Waals surface area contributed by atoms with Crippen LogP contribution in [-0.2, 0) is 4.74 Å². The molecule has 3 heteroatoms. The van der Waals surface area contributed by atoms with E-state index < -0.39 is 0 Å². The van der Waals surface area contributed by atoms with Crippen molar-refractivity contribution in [3.8, 4) is 0 Å². The number of nitrogens with two attached hydrogens (primary N) is 1. The van der Waals surface area contributed by atoms with E-state index in [9.17, 15) is 0 Å². The molecule has 15 heavy (non-hydrogen) atoms. The summed E-state index contributed by atoms with van der Waals surface area (Å²) in [7, 11) is 0. The zero-order chi connectivity index (χ0) is 11.5. The molecular formula is C12H26N2O. The molecule has 1 saturated heterocycles. The van der Waals surface area contributed by atoms with Gasteiger partial charge in [-0.05, 0) is 47.1 Å². The van der Waals surface area contributed by atoms with E-state index >= 15 is 0 Å². The molecule has 1 fully saturated rings. The van der Waals surface area contributed by atoms with Crippen molar-refractivity contribution >= 4 is 0 Å². The van der Waals surface area contributed by atoms with E-state index in [-0.39, 0.29) is 5.60 Å². The monoisotopic (exact) mass is 214 g/mol. The van der Waals surface area contributed by atoms with Crippen molar-refractivity contribution in [2.45, 2.75) is 58.2 Å². The van der Waals surface area contributed by atoms with E-state index in [2.05, 4.69) is 32.6 Å². The Morgan fingerprint density at radius 1 is 1.40 bits per heavy atom. The largest absolute Gasteiger partial charge is 0.375 e. The summed E-state index contributed by atoms with van der Waals surface area (Å²) in [4.78, 5) is 2.48. The summed E-state index contributed by atoms with van der Waals surface area (Å²) in [5.74, 6) is 0. The Morgan fingerprint density at radius 2 is 2.07 bits per heavy atom. The summed E-state index contributed by atoms with van der Waals surface area (Å²) in [6, 6.07) is 1.01. The van der Waals surface area contributed by atoms with Gasteiger partial charge in [0, 0.05) is 18.6 Å². The van der Waals surface area contributed by atoms with Gasteiger partial charge in [-0.3, -0.25) is 4.90 Å². The Morgan fingerprint density at radius 3 is 2.60 bits per heavy atom. The van der Waals surface area contributed by atoms with Crippen LogP contribution in [0.25, 0.3) is 0 Å². The Kier molecular flexibility index (Phi) is 4.56. The van der Waals surface area contributed by atoms with Crippen LogP contribution in [0.15, 0.2) is 0 Å². The Balaban J connectivity index is 2.21. The molecule has 2 atom stereocenters. The summed E-state index contributed by atoms with van der Waals surface area (Å²) >= 11 is 0. The van der Waals surface area contributed by atoms with Crippen molar-refractivity contribution in [2.24, 2.45) is 5.73 Å². The molecule has 0 bridgehead atoms. The van der Waals surface area contributed by atoms with Gasteiger partial charge in [0.15, 0.2) is 0 Å². The third-order valence-electron chi connectivity index (χ3n) is 2.97. The zero-order valence-corrected chi connectivity index (χ0v) is 10.6. The Hall–Kier alpha value is -0.120. The molecule has 1 aliphatic rings. The van der Waals surface area contributed by atoms with Gasteiger partial charge < -0.3 is 10.5 Å². The van der Waals surface area contributed by atoms with Crippen LogP contribution < -0.4 is 5.73 Å². The maximum Gasteiger partial charge on any atom is 0.0600 e. The second kappa shape index (κ2) is 5.28. The SMILES string of the molecule is CC1CC(N)CCN1CCOC(C)(C)C. The van der Waals surface area contributed by atoms with Gasteiger partial charge >= 0.3 is 0 Å². The van der Waals surface area contributed by atoms with E-state index in [0.29, 0.717) is 12.1 Å². The molecule has 1 heterocycles. The Labute approximate surface area is 94.0 Å². The number of likely N-dealkylation sites (tertiary alicyclic amines) is 1. The van der Waals surface area contributed by atoms with Gasteiger partial charge in [-0.15, -0.1) is 0 Å². The standard InChI is InChI=1S/C12H26N2O/c1-10-9-11(13)5-6-14(10)7-8-15-12(2,3)4/h10-11H,5-9,13H2,1-4H3. The molecule has 3 nitrogen and oxygen atoms in total. The number of piperidine rings is 1. The fourth-order valence-electron chi connectivity index (χ4n) is 2.06. The number of hydrogen-bond donors (Lipinski definition) is 1. The van der Waals surface area contributed by atoms with E-state index in [1.807, 2.05) is 0 Å². The molecule has 1 rings (SSSR count). The highest BCUT2D eigenvalue weighted by Gasteiger charge is 2.23. The second-order valence-corrected chi connectivity index (χ2v) is 5.63. The first-order valence-electron chi connectivity index (χ1n) is 6.02. The molecule has 0 aromatic rings. The van der Waals surface area contributed by atoms with Crippen molar-refractivity contribution in [2.75, 3.05) is 19.7 Å². The van der Waals surface area contributed by atoms with Crippen LogP contribution in [-0.4, -0.2) is 42.3 Å². The van der Waals surface area contributed by atoms with Crippen molar-refractivity contribution < 1.29 is 4.74 Å². The molecule has 0 aromatic heterocycles. The van der Waals surface area contributed by atoms with Crippen molar-refractivity contribution in [3.63, 3.8) is 0 Å². The third kappa shape index (κ3) is 4.96. The van der Waals surface area contributed by atoms with Gasteiger partial charge in [0.2, 0.25) is 0 Å². The first-order valence-corrected chi connectivity index (χ1v) is 6.02. The van der Waals surface area contributed by atoms with Gasteiger partial charge in [-0.2, -0.15) is 0 Å². The van der Waals surface area contributed by atoms with E-state index in [4.69, 9.17) is 10.5 Å². The quantitative estimate of drug-likeness (QED) is 0.776. The van der Waals surface area contributed by atoms with Crippen LogP contribution in [0.5, 0.6) is 0 Å². The highest BCUT2D eigenvalue weighted by Crippen LogP contribution is 2.16. The van der Waals surface area contributed by atoms with Crippen molar-refractivity contribution in [3.05, 3.63) is 0 Å². The molecule has 2 unspecified atom stereocenters. The molecule has 0 spiro atoms. The van der Waals surface area contributed by atoms with Crippen LogP contribution >= 0.6 is 0 Å². The Bertz CT molecular complexity index is 189. The minimum atomic E-state index is -0.0184. The fraction of sp³-hybridized carbons (Fsp3) is 1.00. The van der Waals surface area contributed by atoms with Crippen LogP contribution in [0, 0.1) is 0 Å². The maximum absolute atomic E-state index is 5.93. The van der Waals surface area contributed by atoms with Crippen LogP contribution in [0.1, 0.15) is 40.5 Å². The van der Waals surface area contributed by atoms with E-state index in [0.717, 1.165) is 32.5 Å². The first kappa shape index (κ1) is 12.9. The molecule has 90 valence electrons. The van der Waals surface area contributed by atoms with E-state index in [1.54, 1.807) is 0 Å². The molecule has 1 aliphatic heterocycles. The highest BCUT2D eigenvalue weighted by molar-refractivity contribution is 4.80. The summed E-state index contributed by atoms with van der Waals surface area (Å²) in [5.41, 5.74) is 5.91. The van der Waals surface area contributed by atoms with Gasteiger partial charge in [0.1, 0.15) is 0 Å². The van der Waals surface area contributed by atoms with Gasteiger partial charge in [-0.1, -0.05) is 0 Å². The summed E-state index contributed by atoms with van der Waals surface area (Å²) in [6.45, 7) is 11.5. The van der Waals surface area contributed by atoms with E-state index in [1.165, 1.54) is 0 Å². The average molecular weight is 214 g/mol. The predicted molar refractivity (Wildman–Crippen MR) is 63.9 cm³/mol. The first-order chi connectivity index (χ1) is 6.88. The molecule has 0 aliphatic carbocycles. The number of ether oxygens (including phenoxy) is 1. The lowest BCUT2D eigenvalue weighted by atomic mass is 9.99. The number of hydrogen-bond acceptors (Lipinski definition) is 3. The summed E-state index contributed by atoms with van der Waals surface area (Å²) in [5, 5.41) is 0.